The maximum atomic E-state index is 12.9. The Hall–Kier alpha value is -3.20. The topological polar surface area (TPSA) is 110 Å². The van der Waals surface area contributed by atoms with Crippen LogP contribution in [-0.2, 0) is 16.4 Å². The van der Waals surface area contributed by atoms with Crippen molar-refractivity contribution in [2.45, 2.75) is 62.9 Å². The van der Waals surface area contributed by atoms with E-state index >= 15 is 0 Å². The van der Waals surface area contributed by atoms with Crippen LogP contribution in [0.25, 0.3) is 22.0 Å². The van der Waals surface area contributed by atoms with Crippen LogP contribution in [0.2, 0.25) is 5.02 Å². The quantitative estimate of drug-likeness (QED) is 0.249. The molecule has 1 aromatic heterocycles. The summed E-state index contributed by atoms with van der Waals surface area (Å²) >= 11 is 6.13. The lowest BCUT2D eigenvalue weighted by atomic mass is 9.92. The zero-order chi connectivity index (χ0) is 26.9. The maximum Gasteiger partial charge on any atom is 0.263 e. The molecule has 0 bridgehead atoms. The zero-order valence-corrected chi connectivity index (χ0v) is 23.1. The number of hydrogen-bond acceptors (Lipinski definition) is 6. The Morgan fingerprint density at radius 1 is 1.03 bits per heavy atom. The number of benzene rings is 3. The highest BCUT2D eigenvalue weighted by atomic mass is 35.5. The van der Waals surface area contributed by atoms with E-state index in [9.17, 15) is 8.42 Å². The van der Waals surface area contributed by atoms with Crippen molar-refractivity contribution in [3.63, 3.8) is 0 Å². The van der Waals surface area contributed by atoms with Gasteiger partial charge in [-0.15, -0.1) is 0 Å². The summed E-state index contributed by atoms with van der Waals surface area (Å²) < 4.78 is 28.5. The van der Waals surface area contributed by atoms with E-state index in [0.717, 1.165) is 65.3 Å². The van der Waals surface area contributed by atoms with Gasteiger partial charge in [-0.1, -0.05) is 36.7 Å². The van der Waals surface area contributed by atoms with Crippen molar-refractivity contribution < 1.29 is 8.42 Å². The molecule has 5 rings (SSSR count). The molecule has 3 aromatic carbocycles. The molecule has 0 aliphatic heterocycles. The molecule has 198 valence electrons. The number of halogens is 1. The minimum Gasteiger partial charge on any atom is -0.351 e. The molecule has 1 aliphatic rings. The summed E-state index contributed by atoms with van der Waals surface area (Å²) in [6.45, 7) is 4.13. The Kier molecular flexibility index (Phi) is 7.56. The largest absolute Gasteiger partial charge is 0.351 e. The molecule has 0 spiro atoms. The molecule has 38 heavy (non-hydrogen) atoms. The number of sulfonamides is 1. The highest BCUT2D eigenvalue weighted by Gasteiger charge is 2.20. The Morgan fingerprint density at radius 2 is 1.79 bits per heavy atom. The van der Waals surface area contributed by atoms with Crippen LogP contribution < -0.4 is 15.8 Å². The lowest BCUT2D eigenvalue weighted by molar-refractivity contribution is 0.410. The first-order valence-corrected chi connectivity index (χ1v) is 14.8. The highest BCUT2D eigenvalue weighted by Crippen LogP contribution is 2.33. The summed E-state index contributed by atoms with van der Waals surface area (Å²) in [6, 6.07) is 16.9. The minimum atomic E-state index is -3.81. The molecule has 1 heterocycles. The maximum absolute atomic E-state index is 12.9. The molecule has 0 amide bonds. The summed E-state index contributed by atoms with van der Waals surface area (Å²) in [7, 11) is -3.81. The van der Waals surface area contributed by atoms with Gasteiger partial charge >= 0.3 is 0 Å². The summed E-state index contributed by atoms with van der Waals surface area (Å²) in [5.74, 6) is 0.648. The number of hydrogen-bond donors (Lipinski definition) is 3. The fourth-order valence-corrected chi connectivity index (χ4v) is 6.64. The number of aryl methyl sites for hydroxylation is 2. The van der Waals surface area contributed by atoms with E-state index in [0.29, 0.717) is 23.7 Å². The van der Waals surface area contributed by atoms with Gasteiger partial charge in [-0.2, -0.15) is 0 Å². The second-order valence-corrected chi connectivity index (χ2v) is 12.0. The molecular weight excluding hydrogens is 518 g/mol. The van der Waals surface area contributed by atoms with Gasteiger partial charge in [0, 0.05) is 29.4 Å². The third-order valence-corrected chi connectivity index (χ3v) is 9.07. The van der Waals surface area contributed by atoms with Crippen LogP contribution in [0, 0.1) is 6.92 Å². The average molecular weight is 550 g/mol. The van der Waals surface area contributed by atoms with Gasteiger partial charge in [0.05, 0.1) is 10.5 Å². The lowest BCUT2D eigenvalue weighted by Gasteiger charge is -2.26. The number of anilines is 2. The van der Waals surface area contributed by atoms with Crippen LogP contribution in [0.3, 0.4) is 0 Å². The van der Waals surface area contributed by atoms with Gasteiger partial charge in [0.25, 0.3) is 10.0 Å². The first kappa shape index (κ1) is 26.4. The average Bonchev–Trinajstić information content (AvgIpc) is 2.89. The predicted octanol–water partition coefficient (Wildman–Crippen LogP) is 6.30. The number of aromatic nitrogens is 2. The van der Waals surface area contributed by atoms with Gasteiger partial charge in [-0.05, 0) is 97.7 Å². The monoisotopic (exact) mass is 549 g/mol. The molecule has 0 saturated heterocycles. The van der Waals surface area contributed by atoms with Crippen molar-refractivity contribution in [1.29, 1.82) is 0 Å². The number of rotatable bonds is 7. The van der Waals surface area contributed by atoms with E-state index in [4.69, 9.17) is 22.3 Å². The molecule has 1 saturated carbocycles. The molecule has 9 heteroatoms. The fraction of sp³-hybridized carbons (Fsp3) is 0.310. The van der Waals surface area contributed by atoms with Gasteiger partial charge in [0.1, 0.15) is 4.90 Å². The number of fused-ring (bicyclic) bond motifs is 1. The molecule has 0 unspecified atom stereocenters. The van der Waals surface area contributed by atoms with Gasteiger partial charge in [-0.25, -0.2) is 18.4 Å². The predicted molar refractivity (Wildman–Crippen MR) is 155 cm³/mol. The second kappa shape index (κ2) is 10.9. The van der Waals surface area contributed by atoms with Crippen molar-refractivity contribution in [1.82, 2.24) is 9.97 Å². The standard InChI is InChI=1S/C29H32ClN5O2S/c1-3-19-15-23(35-38(36,37)28-7-5-4-6-26(28)30)12-13-24(19)25-16-20-17-32-29(34-27(20)14-18(25)2)33-22-10-8-21(31)9-11-22/h4-7,12-17,21-22,35H,3,8-11,31H2,1-2H3,(H,32,33,34). The summed E-state index contributed by atoms with van der Waals surface area (Å²) in [5, 5.41) is 4.61. The molecule has 0 atom stereocenters. The minimum absolute atomic E-state index is 0.0510. The molecule has 7 nitrogen and oxygen atoms in total. The number of nitrogens with zero attached hydrogens (tertiary/aromatic N) is 2. The van der Waals surface area contributed by atoms with Crippen LogP contribution >= 0.6 is 11.6 Å². The Labute approximate surface area is 228 Å². The van der Waals surface area contributed by atoms with E-state index < -0.39 is 10.0 Å². The lowest BCUT2D eigenvalue weighted by Crippen LogP contribution is -2.33. The Morgan fingerprint density at radius 3 is 2.53 bits per heavy atom. The van der Waals surface area contributed by atoms with Gasteiger partial charge in [0.15, 0.2) is 0 Å². The van der Waals surface area contributed by atoms with Gasteiger partial charge in [-0.3, -0.25) is 4.72 Å². The Balaban J connectivity index is 1.41. The van der Waals surface area contributed by atoms with Crippen molar-refractivity contribution in [3.05, 3.63) is 76.9 Å². The third-order valence-electron chi connectivity index (χ3n) is 7.19. The van der Waals surface area contributed by atoms with Crippen LogP contribution in [0.5, 0.6) is 0 Å². The van der Waals surface area contributed by atoms with Crippen LogP contribution in [-0.4, -0.2) is 30.5 Å². The normalized spacial score (nSPS) is 17.9. The van der Waals surface area contributed by atoms with E-state index in [1.165, 1.54) is 6.07 Å². The third kappa shape index (κ3) is 5.62. The fourth-order valence-electron chi connectivity index (χ4n) is 5.07. The molecule has 0 radical (unpaired) electrons. The molecule has 4 N–H and O–H groups in total. The van der Waals surface area contributed by atoms with Crippen LogP contribution in [0.1, 0.15) is 43.7 Å². The molecular formula is C29H32ClN5O2S. The van der Waals surface area contributed by atoms with Crippen LogP contribution in [0.15, 0.2) is 65.7 Å². The number of nitrogens with one attached hydrogen (secondary N) is 2. The summed E-state index contributed by atoms with van der Waals surface area (Å²) in [5.41, 5.74) is 11.7. The smallest absolute Gasteiger partial charge is 0.263 e. The summed E-state index contributed by atoms with van der Waals surface area (Å²) in [6.07, 6.45) is 6.70. The van der Waals surface area contributed by atoms with E-state index in [1.54, 1.807) is 24.3 Å². The number of nitrogens with two attached hydrogens (primary N) is 1. The molecule has 1 aliphatic carbocycles. The van der Waals surface area contributed by atoms with Gasteiger partial charge in [0.2, 0.25) is 5.95 Å². The molecule has 4 aromatic rings. The van der Waals surface area contributed by atoms with Gasteiger partial charge < -0.3 is 11.1 Å². The van der Waals surface area contributed by atoms with Crippen molar-refractivity contribution >= 4 is 44.2 Å². The molecule has 1 fully saturated rings. The second-order valence-electron chi connectivity index (χ2n) is 9.94. The van der Waals surface area contributed by atoms with E-state index in [2.05, 4.69) is 41.0 Å². The highest BCUT2D eigenvalue weighted by molar-refractivity contribution is 7.92. The van der Waals surface area contributed by atoms with Crippen molar-refractivity contribution in [2.75, 3.05) is 10.0 Å². The van der Waals surface area contributed by atoms with Crippen molar-refractivity contribution in [3.8, 4) is 11.1 Å². The van der Waals surface area contributed by atoms with E-state index in [1.807, 2.05) is 18.3 Å². The van der Waals surface area contributed by atoms with Crippen LogP contribution in [0.4, 0.5) is 11.6 Å². The first-order chi connectivity index (χ1) is 18.2. The summed E-state index contributed by atoms with van der Waals surface area (Å²) in [4.78, 5) is 9.40. The first-order valence-electron chi connectivity index (χ1n) is 12.9. The zero-order valence-electron chi connectivity index (χ0n) is 21.5. The van der Waals surface area contributed by atoms with Crippen molar-refractivity contribution in [2.24, 2.45) is 5.73 Å². The SMILES string of the molecule is CCc1cc(NS(=O)(=O)c2ccccc2Cl)ccc1-c1cc2cnc(NC3CCC(N)CC3)nc2cc1C. The van der Waals surface area contributed by atoms with E-state index in [-0.39, 0.29) is 9.92 Å². The Bertz CT molecular complexity index is 1580.